The van der Waals surface area contributed by atoms with Crippen LogP contribution in [0.1, 0.15) is 12.0 Å². The number of fused-ring (bicyclic) bond motifs is 2. The molecule has 1 aromatic rings. The maximum Gasteiger partial charge on any atom is 0.240 e. The lowest BCUT2D eigenvalue weighted by atomic mass is 9.87. The SMILES string of the molecule is CN1C2CC1C(=O)N(Cc1ccccc1N)C2. The second-order valence-electron chi connectivity index (χ2n) is 4.99. The highest BCUT2D eigenvalue weighted by molar-refractivity contribution is 5.84. The van der Waals surface area contributed by atoms with E-state index in [2.05, 4.69) is 4.90 Å². The molecule has 2 unspecified atom stereocenters. The van der Waals surface area contributed by atoms with Crippen molar-refractivity contribution in [2.24, 2.45) is 0 Å². The summed E-state index contributed by atoms with van der Waals surface area (Å²) < 4.78 is 0. The number of hydrogen-bond donors (Lipinski definition) is 1. The van der Waals surface area contributed by atoms with Crippen LogP contribution in [-0.4, -0.2) is 41.4 Å². The van der Waals surface area contributed by atoms with Gasteiger partial charge in [0.15, 0.2) is 0 Å². The largest absolute Gasteiger partial charge is 0.398 e. The van der Waals surface area contributed by atoms with Gasteiger partial charge in [-0.05, 0) is 25.1 Å². The summed E-state index contributed by atoms with van der Waals surface area (Å²) in [6.45, 7) is 1.48. The number of nitrogen functional groups attached to an aromatic ring is 1. The van der Waals surface area contributed by atoms with Gasteiger partial charge in [-0.15, -0.1) is 0 Å². The van der Waals surface area contributed by atoms with Crippen LogP contribution in [0.3, 0.4) is 0 Å². The molecule has 4 rings (SSSR count). The van der Waals surface area contributed by atoms with Crippen LogP contribution in [0.15, 0.2) is 24.3 Å². The van der Waals surface area contributed by atoms with Crippen LogP contribution in [0.4, 0.5) is 5.69 Å². The van der Waals surface area contributed by atoms with Gasteiger partial charge in [-0.2, -0.15) is 0 Å². The van der Waals surface area contributed by atoms with E-state index in [4.69, 9.17) is 5.73 Å². The number of nitrogens with two attached hydrogens (primary N) is 1. The first-order chi connectivity index (χ1) is 8.16. The number of amides is 1. The maximum atomic E-state index is 12.1. The third-order valence-electron chi connectivity index (χ3n) is 4.01. The summed E-state index contributed by atoms with van der Waals surface area (Å²) in [4.78, 5) is 16.2. The lowest BCUT2D eigenvalue weighted by Gasteiger charge is -2.53. The number of likely N-dealkylation sites (N-methyl/N-ethyl adjacent to an activating group) is 1. The minimum absolute atomic E-state index is 0.110. The second-order valence-corrected chi connectivity index (χ2v) is 4.99. The number of carbonyl (C=O) groups is 1. The number of piperidine rings is 1. The Hall–Kier alpha value is -1.55. The van der Waals surface area contributed by atoms with E-state index in [1.54, 1.807) is 0 Å². The van der Waals surface area contributed by atoms with Crippen molar-refractivity contribution >= 4 is 11.6 Å². The van der Waals surface area contributed by atoms with Crippen molar-refractivity contribution in [3.63, 3.8) is 0 Å². The number of para-hydroxylation sites is 1. The average Bonchev–Trinajstić information content (AvgIpc) is 2.33. The van der Waals surface area contributed by atoms with E-state index in [-0.39, 0.29) is 11.9 Å². The Morgan fingerprint density at radius 2 is 2.18 bits per heavy atom. The summed E-state index contributed by atoms with van der Waals surface area (Å²) in [6, 6.07) is 8.42. The lowest BCUT2D eigenvalue weighted by Crippen LogP contribution is -2.69. The van der Waals surface area contributed by atoms with Crippen molar-refractivity contribution in [1.29, 1.82) is 0 Å². The highest BCUT2D eigenvalue weighted by atomic mass is 16.2. The van der Waals surface area contributed by atoms with Crippen LogP contribution in [0.25, 0.3) is 0 Å². The van der Waals surface area contributed by atoms with Gasteiger partial charge in [-0.25, -0.2) is 0 Å². The van der Waals surface area contributed by atoms with Crippen LogP contribution in [-0.2, 0) is 11.3 Å². The van der Waals surface area contributed by atoms with Gasteiger partial charge < -0.3 is 10.6 Å². The van der Waals surface area contributed by atoms with Gasteiger partial charge in [0.2, 0.25) is 5.91 Å². The minimum Gasteiger partial charge on any atom is -0.398 e. The monoisotopic (exact) mass is 231 g/mol. The summed E-state index contributed by atoms with van der Waals surface area (Å²) in [7, 11) is 2.03. The number of carbonyl (C=O) groups excluding carboxylic acids is 1. The number of hydrogen-bond acceptors (Lipinski definition) is 3. The molecule has 1 amide bonds. The van der Waals surface area contributed by atoms with E-state index in [1.807, 2.05) is 36.2 Å². The van der Waals surface area contributed by atoms with Gasteiger partial charge in [0.1, 0.15) is 0 Å². The Morgan fingerprint density at radius 1 is 1.41 bits per heavy atom. The molecule has 90 valence electrons. The molecular formula is C13H17N3O. The van der Waals surface area contributed by atoms with Crippen LogP contribution >= 0.6 is 0 Å². The fourth-order valence-corrected chi connectivity index (χ4v) is 2.77. The van der Waals surface area contributed by atoms with Crippen LogP contribution in [0.5, 0.6) is 0 Å². The summed E-state index contributed by atoms with van der Waals surface area (Å²) >= 11 is 0. The van der Waals surface area contributed by atoms with E-state index < -0.39 is 0 Å². The molecule has 3 fully saturated rings. The minimum atomic E-state index is 0.110. The first-order valence-corrected chi connectivity index (χ1v) is 6.01. The summed E-state index contributed by atoms with van der Waals surface area (Å²) in [5.41, 5.74) is 7.73. The van der Waals surface area contributed by atoms with E-state index in [1.165, 1.54) is 0 Å². The summed E-state index contributed by atoms with van der Waals surface area (Å²) in [6.07, 6.45) is 1.02. The molecule has 3 saturated heterocycles. The van der Waals surface area contributed by atoms with Gasteiger partial charge in [-0.3, -0.25) is 9.69 Å². The topological polar surface area (TPSA) is 49.6 Å². The van der Waals surface area contributed by atoms with E-state index in [9.17, 15) is 4.79 Å². The Morgan fingerprint density at radius 3 is 2.82 bits per heavy atom. The molecule has 2 bridgehead atoms. The standard InChI is InChI=1S/C13H17N3O/c1-15-10-6-12(15)13(17)16(8-10)7-9-4-2-3-5-11(9)14/h2-5,10,12H,6-8,14H2,1H3. The van der Waals surface area contributed by atoms with E-state index in [0.29, 0.717) is 12.6 Å². The predicted molar refractivity (Wildman–Crippen MR) is 66.2 cm³/mol. The molecule has 0 spiro atoms. The smallest absolute Gasteiger partial charge is 0.240 e. The zero-order valence-corrected chi connectivity index (χ0v) is 9.97. The quantitative estimate of drug-likeness (QED) is 0.762. The van der Waals surface area contributed by atoms with Crippen LogP contribution in [0.2, 0.25) is 0 Å². The first-order valence-electron chi connectivity index (χ1n) is 6.01. The third-order valence-corrected chi connectivity index (χ3v) is 4.01. The maximum absolute atomic E-state index is 12.1. The van der Waals surface area contributed by atoms with Gasteiger partial charge >= 0.3 is 0 Å². The zero-order chi connectivity index (χ0) is 12.0. The third kappa shape index (κ3) is 1.60. The Balaban J connectivity index is 1.75. The van der Waals surface area contributed by atoms with Crippen molar-refractivity contribution in [2.45, 2.75) is 25.0 Å². The van der Waals surface area contributed by atoms with Crippen LogP contribution < -0.4 is 5.73 Å². The first kappa shape index (κ1) is 10.6. The fourth-order valence-electron chi connectivity index (χ4n) is 2.77. The predicted octanol–water partition coefficient (Wildman–Crippen LogP) is 0.684. The molecule has 3 aliphatic rings. The van der Waals surface area contributed by atoms with Gasteiger partial charge in [0, 0.05) is 24.8 Å². The molecular weight excluding hydrogens is 214 g/mol. The number of rotatable bonds is 2. The van der Waals surface area contributed by atoms with Crippen molar-refractivity contribution in [3.05, 3.63) is 29.8 Å². The highest BCUT2D eigenvalue weighted by Gasteiger charge is 2.47. The Kier molecular flexibility index (Phi) is 2.33. The Bertz CT molecular complexity index is 460. The second kappa shape index (κ2) is 3.74. The molecule has 3 aliphatic heterocycles. The molecule has 2 N–H and O–H groups in total. The molecule has 0 radical (unpaired) electrons. The number of anilines is 1. The number of nitrogens with zero attached hydrogens (tertiary/aromatic N) is 2. The Labute approximate surface area is 101 Å². The van der Waals surface area contributed by atoms with Gasteiger partial charge in [0.25, 0.3) is 0 Å². The van der Waals surface area contributed by atoms with E-state index in [0.717, 1.165) is 24.2 Å². The van der Waals surface area contributed by atoms with Crippen LogP contribution in [0, 0.1) is 0 Å². The molecule has 0 aliphatic carbocycles. The zero-order valence-electron chi connectivity index (χ0n) is 9.97. The van der Waals surface area contributed by atoms with Crippen molar-refractivity contribution in [3.8, 4) is 0 Å². The summed E-state index contributed by atoms with van der Waals surface area (Å²) in [5.74, 6) is 0.248. The normalized spacial score (nSPS) is 28.1. The van der Waals surface area contributed by atoms with Crippen molar-refractivity contribution in [2.75, 3.05) is 19.3 Å². The molecule has 4 heteroatoms. The molecule has 0 aromatic heterocycles. The average molecular weight is 231 g/mol. The molecule has 3 heterocycles. The fraction of sp³-hybridized carbons (Fsp3) is 0.462. The van der Waals surface area contributed by atoms with Gasteiger partial charge in [0.05, 0.1) is 6.04 Å². The molecule has 0 saturated carbocycles. The molecule has 17 heavy (non-hydrogen) atoms. The molecule has 2 atom stereocenters. The molecule has 1 aromatic carbocycles. The molecule has 4 nitrogen and oxygen atoms in total. The highest BCUT2D eigenvalue weighted by Crippen LogP contribution is 2.32. The van der Waals surface area contributed by atoms with Crippen molar-refractivity contribution in [1.82, 2.24) is 9.80 Å². The number of benzene rings is 1. The van der Waals surface area contributed by atoms with E-state index >= 15 is 0 Å². The lowest BCUT2D eigenvalue weighted by molar-refractivity contribution is -0.157. The van der Waals surface area contributed by atoms with Gasteiger partial charge in [-0.1, -0.05) is 18.2 Å². The summed E-state index contributed by atoms with van der Waals surface area (Å²) in [5, 5.41) is 0. The van der Waals surface area contributed by atoms with Crippen molar-refractivity contribution < 1.29 is 4.79 Å². The number of piperazine rings is 1.